The molecule has 6 heteroatoms. The number of anilines is 1. The first kappa shape index (κ1) is 13.2. The molecule has 2 aromatic rings. The van der Waals surface area contributed by atoms with E-state index in [1.807, 2.05) is 26.0 Å². The molecule has 2 rings (SSSR count). The van der Waals surface area contributed by atoms with Gasteiger partial charge in [-0.25, -0.2) is 19.3 Å². The highest BCUT2D eigenvalue weighted by molar-refractivity contribution is 5.31. The van der Waals surface area contributed by atoms with Gasteiger partial charge in [0.05, 0.1) is 18.5 Å². The lowest BCUT2D eigenvalue weighted by Gasteiger charge is -2.13. The number of ether oxygens (including phenoxy) is 1. The average molecular weight is 262 g/mol. The summed E-state index contributed by atoms with van der Waals surface area (Å²) in [7, 11) is 0. The zero-order valence-electron chi connectivity index (χ0n) is 10.8. The molecule has 2 heterocycles. The van der Waals surface area contributed by atoms with E-state index < -0.39 is 5.82 Å². The van der Waals surface area contributed by atoms with Crippen molar-refractivity contribution in [3.05, 3.63) is 42.1 Å². The third-order valence-corrected chi connectivity index (χ3v) is 2.25. The van der Waals surface area contributed by atoms with E-state index in [4.69, 9.17) is 4.74 Å². The normalized spacial score (nSPS) is 10.5. The summed E-state index contributed by atoms with van der Waals surface area (Å²) >= 11 is 0. The second kappa shape index (κ2) is 6.08. The van der Waals surface area contributed by atoms with Gasteiger partial charge in [0, 0.05) is 18.3 Å². The molecule has 0 unspecified atom stereocenters. The van der Waals surface area contributed by atoms with Gasteiger partial charge in [0.1, 0.15) is 0 Å². The highest BCUT2D eigenvalue weighted by Gasteiger charge is 2.07. The number of rotatable bonds is 5. The Morgan fingerprint density at radius 1 is 1.26 bits per heavy atom. The lowest BCUT2D eigenvalue weighted by molar-refractivity contribution is 0.230. The number of pyridine rings is 1. The van der Waals surface area contributed by atoms with Crippen LogP contribution in [0.25, 0.3) is 0 Å². The molecule has 0 fully saturated rings. The van der Waals surface area contributed by atoms with Crippen LogP contribution in [0.2, 0.25) is 0 Å². The van der Waals surface area contributed by atoms with Gasteiger partial charge < -0.3 is 10.1 Å². The Hall–Kier alpha value is -2.24. The van der Waals surface area contributed by atoms with E-state index >= 15 is 0 Å². The van der Waals surface area contributed by atoms with Crippen LogP contribution in [-0.2, 0) is 6.54 Å². The fourth-order valence-corrected chi connectivity index (χ4v) is 1.47. The molecule has 19 heavy (non-hydrogen) atoms. The minimum absolute atomic E-state index is 0.0516. The maximum Gasteiger partial charge on any atom is 0.223 e. The number of hydrogen-bond donors (Lipinski definition) is 1. The molecule has 0 saturated heterocycles. The van der Waals surface area contributed by atoms with Crippen LogP contribution in [0.3, 0.4) is 0 Å². The Morgan fingerprint density at radius 2 is 2.00 bits per heavy atom. The molecule has 0 aliphatic rings. The van der Waals surface area contributed by atoms with Crippen molar-refractivity contribution in [2.75, 3.05) is 5.32 Å². The molecule has 0 saturated carbocycles. The molecular formula is C13H15FN4O. The van der Waals surface area contributed by atoms with Crippen molar-refractivity contribution < 1.29 is 9.13 Å². The molecule has 100 valence electrons. The summed E-state index contributed by atoms with van der Waals surface area (Å²) in [6, 6.07) is 3.73. The second-order valence-electron chi connectivity index (χ2n) is 4.21. The molecule has 0 radical (unpaired) electrons. The molecule has 0 atom stereocenters. The van der Waals surface area contributed by atoms with Crippen LogP contribution in [-0.4, -0.2) is 21.1 Å². The van der Waals surface area contributed by atoms with Crippen LogP contribution in [0.5, 0.6) is 5.88 Å². The highest BCUT2D eigenvalue weighted by atomic mass is 19.1. The van der Waals surface area contributed by atoms with Crippen molar-refractivity contribution in [1.29, 1.82) is 0 Å². The number of halogens is 1. The van der Waals surface area contributed by atoms with Crippen LogP contribution in [0, 0.1) is 5.82 Å². The van der Waals surface area contributed by atoms with E-state index in [2.05, 4.69) is 20.3 Å². The Labute approximate surface area is 110 Å². The third-order valence-electron chi connectivity index (χ3n) is 2.25. The van der Waals surface area contributed by atoms with Gasteiger partial charge in [-0.3, -0.25) is 0 Å². The second-order valence-corrected chi connectivity index (χ2v) is 4.21. The summed E-state index contributed by atoms with van der Waals surface area (Å²) in [5, 5.41) is 2.99. The van der Waals surface area contributed by atoms with E-state index in [9.17, 15) is 4.39 Å². The molecule has 0 spiro atoms. The maximum absolute atomic E-state index is 12.7. The summed E-state index contributed by atoms with van der Waals surface area (Å²) in [6.45, 7) is 4.34. The Bertz CT molecular complexity index is 530. The van der Waals surface area contributed by atoms with Gasteiger partial charge in [-0.1, -0.05) is 6.07 Å². The SMILES string of the molecule is CC(C)Oc1ncccc1CNc1ncc(F)cn1. The summed E-state index contributed by atoms with van der Waals surface area (Å²) in [6.07, 6.45) is 3.96. The number of aromatic nitrogens is 3. The largest absolute Gasteiger partial charge is 0.475 e. The zero-order valence-corrected chi connectivity index (χ0v) is 10.8. The van der Waals surface area contributed by atoms with Gasteiger partial charge in [-0.15, -0.1) is 0 Å². The van der Waals surface area contributed by atoms with Crippen molar-refractivity contribution in [2.45, 2.75) is 26.5 Å². The van der Waals surface area contributed by atoms with Crippen molar-refractivity contribution in [2.24, 2.45) is 0 Å². The van der Waals surface area contributed by atoms with Crippen molar-refractivity contribution in [3.63, 3.8) is 0 Å². The monoisotopic (exact) mass is 262 g/mol. The van der Waals surface area contributed by atoms with Crippen LogP contribution in [0.4, 0.5) is 10.3 Å². The molecule has 2 aromatic heterocycles. The van der Waals surface area contributed by atoms with Crippen LogP contribution >= 0.6 is 0 Å². The Kier molecular flexibility index (Phi) is 4.22. The Balaban J connectivity index is 2.04. The molecule has 0 bridgehead atoms. The lowest BCUT2D eigenvalue weighted by Crippen LogP contribution is -2.11. The van der Waals surface area contributed by atoms with E-state index in [0.29, 0.717) is 18.4 Å². The van der Waals surface area contributed by atoms with Crippen LogP contribution in [0.15, 0.2) is 30.7 Å². The van der Waals surface area contributed by atoms with E-state index in [-0.39, 0.29) is 6.10 Å². The molecular weight excluding hydrogens is 247 g/mol. The van der Waals surface area contributed by atoms with Crippen molar-refractivity contribution >= 4 is 5.95 Å². The van der Waals surface area contributed by atoms with Gasteiger partial charge in [0.15, 0.2) is 5.82 Å². The zero-order chi connectivity index (χ0) is 13.7. The maximum atomic E-state index is 12.7. The van der Waals surface area contributed by atoms with E-state index in [0.717, 1.165) is 18.0 Å². The quantitative estimate of drug-likeness (QED) is 0.896. The van der Waals surface area contributed by atoms with Gasteiger partial charge in [0.25, 0.3) is 0 Å². The predicted octanol–water partition coefficient (Wildman–Crippen LogP) is 2.41. The fourth-order valence-electron chi connectivity index (χ4n) is 1.47. The number of hydrogen-bond acceptors (Lipinski definition) is 5. The lowest BCUT2D eigenvalue weighted by atomic mass is 10.2. The minimum atomic E-state index is -0.462. The summed E-state index contributed by atoms with van der Waals surface area (Å²) < 4.78 is 18.3. The third kappa shape index (κ3) is 3.87. The Morgan fingerprint density at radius 3 is 2.68 bits per heavy atom. The molecule has 0 aliphatic carbocycles. The highest BCUT2D eigenvalue weighted by Crippen LogP contribution is 2.16. The average Bonchev–Trinajstić information content (AvgIpc) is 2.39. The van der Waals surface area contributed by atoms with E-state index in [1.54, 1.807) is 6.20 Å². The molecule has 1 N–H and O–H groups in total. The molecule has 5 nitrogen and oxygen atoms in total. The van der Waals surface area contributed by atoms with E-state index in [1.165, 1.54) is 0 Å². The standard InChI is InChI=1S/C13H15FN4O/c1-9(2)19-12-10(4-3-5-15-12)6-16-13-17-7-11(14)8-18-13/h3-5,7-9H,6H2,1-2H3,(H,16,17,18). The smallest absolute Gasteiger partial charge is 0.223 e. The topological polar surface area (TPSA) is 59.9 Å². The first-order chi connectivity index (χ1) is 9.15. The minimum Gasteiger partial charge on any atom is -0.475 e. The van der Waals surface area contributed by atoms with Crippen molar-refractivity contribution in [1.82, 2.24) is 15.0 Å². The predicted molar refractivity (Wildman–Crippen MR) is 69.3 cm³/mol. The first-order valence-electron chi connectivity index (χ1n) is 5.97. The molecule has 0 aliphatic heterocycles. The summed E-state index contributed by atoms with van der Waals surface area (Å²) in [5.74, 6) is 0.476. The first-order valence-corrected chi connectivity index (χ1v) is 5.97. The van der Waals surface area contributed by atoms with Gasteiger partial charge in [-0.2, -0.15) is 0 Å². The molecule has 0 aromatic carbocycles. The fraction of sp³-hybridized carbons (Fsp3) is 0.308. The number of nitrogens with zero attached hydrogens (tertiary/aromatic N) is 3. The molecule has 0 amide bonds. The van der Waals surface area contributed by atoms with Gasteiger partial charge >= 0.3 is 0 Å². The summed E-state index contributed by atoms with van der Waals surface area (Å²) in [4.78, 5) is 11.8. The van der Waals surface area contributed by atoms with Crippen LogP contribution in [0.1, 0.15) is 19.4 Å². The number of nitrogens with one attached hydrogen (secondary N) is 1. The van der Waals surface area contributed by atoms with Crippen molar-refractivity contribution in [3.8, 4) is 5.88 Å². The van der Waals surface area contributed by atoms with Gasteiger partial charge in [0.2, 0.25) is 11.8 Å². The van der Waals surface area contributed by atoms with Gasteiger partial charge in [-0.05, 0) is 19.9 Å². The summed E-state index contributed by atoms with van der Waals surface area (Å²) in [5.41, 5.74) is 0.893. The van der Waals surface area contributed by atoms with Crippen LogP contribution < -0.4 is 10.1 Å².